The summed E-state index contributed by atoms with van der Waals surface area (Å²) in [4.78, 5) is 96.5. The third kappa shape index (κ3) is 14.0. The molecule has 1 aromatic rings. The summed E-state index contributed by atoms with van der Waals surface area (Å²) in [5.74, 6) is -4.40. The van der Waals surface area contributed by atoms with E-state index in [1.807, 2.05) is 27.7 Å². The zero-order valence-electron chi connectivity index (χ0n) is 34.1. The number of amides is 6. The van der Waals surface area contributed by atoms with Gasteiger partial charge in [0.1, 0.15) is 23.7 Å². The van der Waals surface area contributed by atoms with Gasteiger partial charge in [0, 0.05) is 20.6 Å². The number of hydrogen-bond donors (Lipinski definition) is 4. The van der Waals surface area contributed by atoms with Crippen molar-refractivity contribution in [3.63, 3.8) is 0 Å². The molecule has 302 valence electrons. The summed E-state index contributed by atoms with van der Waals surface area (Å²) in [5, 5.41) is 10.3. The minimum atomic E-state index is -1.28. The van der Waals surface area contributed by atoms with Crippen LogP contribution in [0.2, 0.25) is 0 Å². The standard InChI is InChI=1S/C39H62N6O9/c1-13-14-20-25(30(47)33(49)40-23-27(46)42-28(34(50)44(11)12)24-18-16-15-17-19-24)41-32(48)29-26(53-38(5,6)7)21-22-45(29)35(51)31(37(2,3)4)43-36(52)54-39(8,9)10/h15-19,25-26,28-29,31H,13-14,20-23H2,1-12H3,(H,40,49)(H,41,48)(H,42,46)(H,43,52)/t25-,26+,28?,29+,31-/m1/s1. The van der Waals surface area contributed by atoms with Crippen LogP contribution in [0.1, 0.15) is 107 Å². The van der Waals surface area contributed by atoms with E-state index in [9.17, 15) is 33.6 Å². The second-order valence-electron chi connectivity index (χ2n) is 16.9. The molecule has 0 radical (unpaired) electrons. The smallest absolute Gasteiger partial charge is 0.408 e. The fourth-order valence-corrected chi connectivity index (χ4v) is 5.88. The Morgan fingerprint density at radius 2 is 1.48 bits per heavy atom. The highest BCUT2D eigenvalue weighted by Gasteiger charge is 2.48. The van der Waals surface area contributed by atoms with Crippen LogP contribution in [0, 0.1) is 5.41 Å². The van der Waals surface area contributed by atoms with Gasteiger partial charge in [0.05, 0.1) is 24.3 Å². The number of hydrogen-bond acceptors (Lipinski definition) is 9. The molecule has 54 heavy (non-hydrogen) atoms. The Balaban J connectivity index is 2.31. The first kappa shape index (κ1) is 45.6. The van der Waals surface area contributed by atoms with Crippen molar-refractivity contribution >= 4 is 41.4 Å². The van der Waals surface area contributed by atoms with Gasteiger partial charge in [0.25, 0.3) is 5.91 Å². The number of ketones is 1. The number of carbonyl (C=O) groups excluding carboxylic acids is 7. The number of likely N-dealkylation sites (tertiary alicyclic amines) is 1. The molecule has 5 atom stereocenters. The molecule has 1 heterocycles. The predicted octanol–water partition coefficient (Wildman–Crippen LogP) is 3.02. The van der Waals surface area contributed by atoms with Gasteiger partial charge in [-0.2, -0.15) is 0 Å². The molecular weight excluding hydrogens is 696 g/mol. The Morgan fingerprint density at radius 1 is 0.870 bits per heavy atom. The van der Waals surface area contributed by atoms with Crippen molar-refractivity contribution in [2.45, 2.75) is 136 Å². The summed E-state index contributed by atoms with van der Waals surface area (Å²) in [6, 6.07) is 4.02. The zero-order chi connectivity index (χ0) is 41.2. The minimum absolute atomic E-state index is 0.115. The number of benzene rings is 1. The molecule has 4 N–H and O–H groups in total. The van der Waals surface area contributed by atoms with Gasteiger partial charge in [-0.15, -0.1) is 0 Å². The molecule has 1 saturated heterocycles. The van der Waals surface area contributed by atoms with Gasteiger partial charge in [0.2, 0.25) is 29.4 Å². The van der Waals surface area contributed by atoms with Crippen LogP contribution in [0.4, 0.5) is 4.79 Å². The predicted molar refractivity (Wildman–Crippen MR) is 203 cm³/mol. The molecular formula is C39H62N6O9. The summed E-state index contributed by atoms with van der Waals surface area (Å²) in [5.41, 5.74) is -1.77. The number of nitrogens with one attached hydrogen (secondary N) is 4. The number of unbranched alkanes of at least 4 members (excludes halogenated alkanes) is 1. The Hall–Kier alpha value is -4.53. The van der Waals surface area contributed by atoms with Crippen molar-refractivity contribution in [2.75, 3.05) is 27.2 Å². The number of Topliss-reactive ketones (excluding diaryl/α,β-unsaturated/α-hetero) is 1. The highest BCUT2D eigenvalue weighted by Crippen LogP contribution is 2.30. The Kier molecular flexibility index (Phi) is 16.2. The maximum absolute atomic E-state index is 14.2. The molecule has 0 saturated carbocycles. The quantitative estimate of drug-likeness (QED) is 0.195. The normalized spacial score (nSPS) is 17.7. The van der Waals surface area contributed by atoms with E-state index >= 15 is 0 Å². The van der Waals surface area contributed by atoms with E-state index in [2.05, 4.69) is 21.3 Å². The molecule has 2 rings (SSSR count). The number of carbonyl (C=O) groups is 7. The van der Waals surface area contributed by atoms with Crippen LogP contribution in [0.5, 0.6) is 0 Å². The monoisotopic (exact) mass is 758 g/mol. The second kappa shape index (κ2) is 19.2. The van der Waals surface area contributed by atoms with Crippen LogP contribution in [0.15, 0.2) is 30.3 Å². The topological polar surface area (TPSA) is 193 Å². The average Bonchev–Trinajstić information content (AvgIpc) is 3.46. The fourth-order valence-electron chi connectivity index (χ4n) is 5.88. The van der Waals surface area contributed by atoms with E-state index < -0.39 is 88.9 Å². The molecule has 1 unspecified atom stereocenters. The van der Waals surface area contributed by atoms with E-state index in [4.69, 9.17) is 9.47 Å². The molecule has 0 aliphatic carbocycles. The lowest BCUT2D eigenvalue weighted by atomic mass is 9.85. The largest absolute Gasteiger partial charge is 0.444 e. The Labute approximate surface area is 320 Å². The van der Waals surface area contributed by atoms with Crippen LogP contribution in [-0.2, 0) is 38.2 Å². The molecule has 0 spiro atoms. The van der Waals surface area contributed by atoms with Crippen LogP contribution in [-0.4, -0.2) is 114 Å². The first-order chi connectivity index (χ1) is 24.9. The molecule has 15 nitrogen and oxygen atoms in total. The van der Waals surface area contributed by atoms with E-state index in [1.165, 1.54) is 9.80 Å². The number of likely N-dealkylation sites (N-methyl/N-ethyl adjacent to an activating group) is 1. The van der Waals surface area contributed by atoms with Crippen molar-refractivity contribution in [3.8, 4) is 0 Å². The number of nitrogens with zero attached hydrogens (tertiary/aromatic N) is 2. The van der Waals surface area contributed by atoms with Crippen LogP contribution < -0.4 is 21.3 Å². The van der Waals surface area contributed by atoms with Gasteiger partial charge >= 0.3 is 6.09 Å². The summed E-state index contributed by atoms with van der Waals surface area (Å²) in [7, 11) is 3.11. The van der Waals surface area contributed by atoms with Gasteiger partial charge in [0.15, 0.2) is 0 Å². The SMILES string of the molecule is CCCC[C@@H](NC(=O)[C@@H]1[C@@H](OC(C)(C)C)CCN1C(=O)[C@@H](NC(=O)OC(C)(C)C)C(C)(C)C)C(=O)C(=O)NCC(=O)NC(C(=O)N(C)C)c1ccccc1. The second-order valence-corrected chi connectivity index (χ2v) is 16.9. The lowest BCUT2D eigenvalue weighted by Crippen LogP contribution is -2.61. The number of ether oxygens (including phenoxy) is 2. The molecule has 15 heteroatoms. The van der Waals surface area contributed by atoms with Gasteiger partial charge < -0.3 is 40.5 Å². The van der Waals surface area contributed by atoms with Crippen molar-refractivity contribution < 1.29 is 43.0 Å². The van der Waals surface area contributed by atoms with Gasteiger partial charge in [-0.1, -0.05) is 70.9 Å². The van der Waals surface area contributed by atoms with Gasteiger partial charge in [-0.25, -0.2) is 4.79 Å². The van der Waals surface area contributed by atoms with Gasteiger partial charge in [-0.3, -0.25) is 28.8 Å². The maximum atomic E-state index is 14.2. The first-order valence-electron chi connectivity index (χ1n) is 18.5. The minimum Gasteiger partial charge on any atom is -0.444 e. The summed E-state index contributed by atoms with van der Waals surface area (Å²) >= 11 is 0. The third-order valence-corrected chi connectivity index (χ3v) is 8.41. The highest BCUT2D eigenvalue weighted by molar-refractivity contribution is 6.38. The molecule has 1 fully saturated rings. The molecule has 0 aromatic heterocycles. The molecule has 6 amide bonds. The fraction of sp³-hybridized carbons (Fsp3) is 0.667. The lowest BCUT2D eigenvalue weighted by molar-refractivity contribution is -0.149. The Morgan fingerprint density at radius 3 is 2.00 bits per heavy atom. The van der Waals surface area contributed by atoms with Crippen LogP contribution in [0.3, 0.4) is 0 Å². The highest BCUT2D eigenvalue weighted by atomic mass is 16.6. The van der Waals surface area contributed by atoms with Gasteiger partial charge in [-0.05, 0) is 65.4 Å². The van der Waals surface area contributed by atoms with Crippen molar-refractivity contribution in [1.29, 1.82) is 0 Å². The molecule has 1 aliphatic heterocycles. The van der Waals surface area contributed by atoms with E-state index in [-0.39, 0.29) is 18.9 Å². The van der Waals surface area contributed by atoms with Crippen LogP contribution in [0.25, 0.3) is 0 Å². The van der Waals surface area contributed by atoms with Crippen molar-refractivity contribution in [1.82, 2.24) is 31.1 Å². The lowest BCUT2D eigenvalue weighted by Gasteiger charge is -2.37. The van der Waals surface area contributed by atoms with E-state index in [0.29, 0.717) is 24.8 Å². The molecule has 1 aromatic carbocycles. The van der Waals surface area contributed by atoms with Crippen LogP contribution >= 0.6 is 0 Å². The molecule has 0 bridgehead atoms. The van der Waals surface area contributed by atoms with E-state index in [1.54, 1.807) is 86.0 Å². The van der Waals surface area contributed by atoms with Crippen molar-refractivity contribution in [3.05, 3.63) is 35.9 Å². The summed E-state index contributed by atoms with van der Waals surface area (Å²) < 4.78 is 11.7. The average molecular weight is 759 g/mol. The van der Waals surface area contributed by atoms with E-state index in [0.717, 1.165) is 0 Å². The maximum Gasteiger partial charge on any atom is 0.408 e. The van der Waals surface area contributed by atoms with Crippen molar-refractivity contribution in [2.24, 2.45) is 5.41 Å². The molecule has 1 aliphatic rings. The number of rotatable bonds is 15. The Bertz CT molecular complexity index is 1490. The first-order valence-corrected chi connectivity index (χ1v) is 18.5. The summed E-state index contributed by atoms with van der Waals surface area (Å²) in [6.45, 7) is 17.3. The zero-order valence-corrected chi connectivity index (χ0v) is 34.1. The summed E-state index contributed by atoms with van der Waals surface area (Å²) in [6.07, 6.45) is -0.00569. The number of alkyl carbamates (subject to hydrolysis) is 1. The third-order valence-electron chi connectivity index (χ3n) is 8.41.